The average molecular weight is 229 g/mol. The van der Waals surface area contributed by atoms with Gasteiger partial charge in [-0.15, -0.1) is 0 Å². The fraction of sp³-hybridized carbons (Fsp3) is 0.625. The standard InChI is InChI=1S/C16H23N/c1-13-6-8-14(9-7-13)16(10-2-3-11-16)15-5-4-12-17-15/h6-9,15,17H,2-5,10-12H2,1H3. The summed E-state index contributed by atoms with van der Waals surface area (Å²) in [5.41, 5.74) is 3.41. The third-order valence-corrected chi connectivity index (χ3v) is 4.85. The maximum Gasteiger partial charge on any atom is 0.0164 e. The van der Waals surface area contributed by atoms with Crippen LogP contribution in [0.2, 0.25) is 0 Å². The van der Waals surface area contributed by atoms with E-state index in [-0.39, 0.29) is 0 Å². The van der Waals surface area contributed by atoms with E-state index in [1.165, 1.54) is 50.6 Å². The number of hydrogen-bond acceptors (Lipinski definition) is 1. The molecular formula is C16H23N. The highest BCUT2D eigenvalue weighted by atomic mass is 15.0. The Labute approximate surface area is 105 Å². The predicted molar refractivity (Wildman–Crippen MR) is 72.3 cm³/mol. The molecule has 0 amide bonds. The van der Waals surface area contributed by atoms with Crippen LogP contribution in [-0.4, -0.2) is 12.6 Å². The lowest BCUT2D eigenvalue weighted by Crippen LogP contribution is -2.43. The van der Waals surface area contributed by atoms with Gasteiger partial charge in [0, 0.05) is 11.5 Å². The fourth-order valence-electron chi connectivity index (χ4n) is 3.89. The summed E-state index contributed by atoms with van der Waals surface area (Å²) in [4.78, 5) is 0. The van der Waals surface area contributed by atoms with Gasteiger partial charge in [0.25, 0.3) is 0 Å². The van der Waals surface area contributed by atoms with Crippen molar-refractivity contribution in [3.8, 4) is 0 Å². The van der Waals surface area contributed by atoms with Gasteiger partial charge in [-0.05, 0) is 44.7 Å². The first kappa shape index (κ1) is 11.3. The van der Waals surface area contributed by atoms with E-state index in [1.54, 1.807) is 5.56 Å². The Hall–Kier alpha value is -0.820. The summed E-state index contributed by atoms with van der Waals surface area (Å²) in [5.74, 6) is 0. The Morgan fingerprint density at radius 2 is 1.76 bits per heavy atom. The van der Waals surface area contributed by atoms with Crippen molar-refractivity contribution in [2.45, 2.75) is 56.9 Å². The molecule has 1 unspecified atom stereocenters. The Morgan fingerprint density at radius 1 is 1.06 bits per heavy atom. The van der Waals surface area contributed by atoms with Crippen LogP contribution in [0.25, 0.3) is 0 Å². The normalized spacial score (nSPS) is 27.5. The second-order valence-corrected chi connectivity index (χ2v) is 5.88. The summed E-state index contributed by atoms with van der Waals surface area (Å²) in [6, 6.07) is 10.0. The Bertz CT molecular complexity index is 367. The second kappa shape index (κ2) is 4.45. The van der Waals surface area contributed by atoms with Crippen molar-refractivity contribution in [1.29, 1.82) is 0 Å². The number of hydrogen-bond donors (Lipinski definition) is 1. The molecule has 1 saturated heterocycles. The highest BCUT2D eigenvalue weighted by Gasteiger charge is 2.43. The molecule has 0 bridgehead atoms. The number of benzene rings is 1. The minimum Gasteiger partial charge on any atom is -0.313 e. The zero-order valence-corrected chi connectivity index (χ0v) is 10.8. The van der Waals surface area contributed by atoms with Crippen molar-refractivity contribution in [3.05, 3.63) is 35.4 Å². The summed E-state index contributed by atoms with van der Waals surface area (Å²) >= 11 is 0. The van der Waals surface area contributed by atoms with Crippen LogP contribution >= 0.6 is 0 Å². The lowest BCUT2D eigenvalue weighted by molar-refractivity contribution is 0.323. The van der Waals surface area contributed by atoms with Crippen LogP contribution in [0.1, 0.15) is 49.7 Å². The molecule has 1 atom stereocenters. The maximum absolute atomic E-state index is 3.75. The second-order valence-electron chi connectivity index (χ2n) is 5.88. The third-order valence-electron chi connectivity index (χ3n) is 4.85. The molecule has 92 valence electrons. The molecule has 1 heteroatoms. The van der Waals surface area contributed by atoms with Crippen LogP contribution in [0.15, 0.2) is 24.3 Å². The summed E-state index contributed by atoms with van der Waals surface area (Å²) in [7, 11) is 0. The Kier molecular flexibility index (Phi) is 2.96. The van der Waals surface area contributed by atoms with Crippen LogP contribution in [-0.2, 0) is 5.41 Å². The van der Waals surface area contributed by atoms with E-state index >= 15 is 0 Å². The number of rotatable bonds is 2. The minimum absolute atomic E-state index is 0.449. The van der Waals surface area contributed by atoms with Gasteiger partial charge in [0.15, 0.2) is 0 Å². The Morgan fingerprint density at radius 3 is 2.35 bits per heavy atom. The fourth-order valence-corrected chi connectivity index (χ4v) is 3.89. The van der Waals surface area contributed by atoms with Crippen LogP contribution in [0, 0.1) is 6.92 Å². The first-order valence-electron chi connectivity index (χ1n) is 7.12. The number of nitrogens with one attached hydrogen (secondary N) is 1. The van der Waals surface area contributed by atoms with Gasteiger partial charge in [-0.25, -0.2) is 0 Å². The molecule has 1 saturated carbocycles. The zero-order valence-electron chi connectivity index (χ0n) is 10.8. The van der Waals surface area contributed by atoms with Gasteiger partial charge < -0.3 is 5.32 Å². The quantitative estimate of drug-likeness (QED) is 0.817. The van der Waals surface area contributed by atoms with Gasteiger partial charge in [-0.1, -0.05) is 42.7 Å². The van der Waals surface area contributed by atoms with Crippen LogP contribution < -0.4 is 5.32 Å². The molecular weight excluding hydrogens is 206 g/mol. The number of aryl methyl sites for hydroxylation is 1. The highest BCUT2D eigenvalue weighted by molar-refractivity contribution is 5.32. The first-order valence-corrected chi connectivity index (χ1v) is 7.12. The van der Waals surface area contributed by atoms with Crippen molar-refractivity contribution in [3.63, 3.8) is 0 Å². The summed E-state index contributed by atoms with van der Waals surface area (Å²) in [6.07, 6.45) is 8.31. The van der Waals surface area contributed by atoms with Crippen molar-refractivity contribution in [1.82, 2.24) is 5.32 Å². The SMILES string of the molecule is Cc1ccc(C2(C3CCCN3)CCCC2)cc1. The predicted octanol–water partition coefficient (Wildman–Crippen LogP) is 3.56. The molecule has 1 aliphatic carbocycles. The van der Waals surface area contributed by atoms with Crippen LogP contribution in [0.3, 0.4) is 0 Å². The van der Waals surface area contributed by atoms with E-state index in [9.17, 15) is 0 Å². The smallest absolute Gasteiger partial charge is 0.0164 e. The van der Waals surface area contributed by atoms with Gasteiger partial charge in [-0.3, -0.25) is 0 Å². The van der Waals surface area contributed by atoms with Gasteiger partial charge >= 0.3 is 0 Å². The van der Waals surface area contributed by atoms with E-state index in [0.717, 1.165) is 6.04 Å². The molecule has 0 aromatic heterocycles. The lowest BCUT2D eigenvalue weighted by atomic mass is 9.72. The molecule has 1 heterocycles. The molecule has 2 fully saturated rings. The van der Waals surface area contributed by atoms with Crippen LogP contribution in [0.4, 0.5) is 0 Å². The molecule has 1 N–H and O–H groups in total. The van der Waals surface area contributed by atoms with Crippen molar-refractivity contribution >= 4 is 0 Å². The van der Waals surface area contributed by atoms with Crippen molar-refractivity contribution in [2.75, 3.05) is 6.54 Å². The van der Waals surface area contributed by atoms with E-state index in [2.05, 4.69) is 36.5 Å². The summed E-state index contributed by atoms with van der Waals surface area (Å²) < 4.78 is 0. The molecule has 0 radical (unpaired) electrons. The molecule has 1 aromatic carbocycles. The Balaban J connectivity index is 1.95. The van der Waals surface area contributed by atoms with E-state index in [4.69, 9.17) is 0 Å². The third kappa shape index (κ3) is 1.91. The molecule has 1 nitrogen and oxygen atoms in total. The van der Waals surface area contributed by atoms with E-state index < -0.39 is 0 Å². The maximum atomic E-state index is 3.75. The van der Waals surface area contributed by atoms with Crippen LogP contribution in [0.5, 0.6) is 0 Å². The highest BCUT2D eigenvalue weighted by Crippen LogP contribution is 2.45. The molecule has 1 aromatic rings. The zero-order chi connectivity index (χ0) is 11.7. The van der Waals surface area contributed by atoms with E-state index in [1.807, 2.05) is 0 Å². The molecule has 1 aliphatic heterocycles. The summed E-state index contributed by atoms with van der Waals surface area (Å²) in [6.45, 7) is 3.40. The molecule has 17 heavy (non-hydrogen) atoms. The van der Waals surface area contributed by atoms with Crippen molar-refractivity contribution < 1.29 is 0 Å². The van der Waals surface area contributed by atoms with Gasteiger partial charge in [0.1, 0.15) is 0 Å². The van der Waals surface area contributed by atoms with Gasteiger partial charge in [0.2, 0.25) is 0 Å². The first-order chi connectivity index (χ1) is 8.31. The monoisotopic (exact) mass is 229 g/mol. The average Bonchev–Trinajstić information content (AvgIpc) is 3.01. The van der Waals surface area contributed by atoms with Gasteiger partial charge in [-0.2, -0.15) is 0 Å². The van der Waals surface area contributed by atoms with Gasteiger partial charge in [0.05, 0.1) is 0 Å². The lowest BCUT2D eigenvalue weighted by Gasteiger charge is -2.36. The minimum atomic E-state index is 0.449. The molecule has 2 aliphatic rings. The molecule has 0 spiro atoms. The largest absolute Gasteiger partial charge is 0.313 e. The van der Waals surface area contributed by atoms with E-state index in [0.29, 0.717) is 5.41 Å². The topological polar surface area (TPSA) is 12.0 Å². The summed E-state index contributed by atoms with van der Waals surface area (Å²) in [5, 5.41) is 3.75. The van der Waals surface area contributed by atoms with Crippen molar-refractivity contribution in [2.24, 2.45) is 0 Å². The molecule has 3 rings (SSSR count).